The zero-order valence-corrected chi connectivity index (χ0v) is 10.6. The van der Waals surface area contributed by atoms with Gasteiger partial charge in [0.25, 0.3) is 0 Å². The number of hydrogen-bond acceptors (Lipinski definition) is 1. The summed E-state index contributed by atoms with van der Waals surface area (Å²) in [4.78, 5) is -1.30. The van der Waals surface area contributed by atoms with Gasteiger partial charge >= 0.3 is 0 Å². The molecule has 1 atom stereocenters. The summed E-state index contributed by atoms with van der Waals surface area (Å²) in [7, 11) is -2.38. The van der Waals surface area contributed by atoms with E-state index < -0.39 is 44.8 Å². The molecule has 2 rings (SSSR count). The van der Waals surface area contributed by atoms with Crippen LogP contribution in [0.25, 0.3) is 0 Å². The van der Waals surface area contributed by atoms with Crippen LogP contribution in [-0.4, -0.2) is 4.21 Å². The fraction of sp³-hybridized carbons (Fsp3) is 0.0769. The minimum atomic E-state index is -2.38. The maximum atomic E-state index is 13.4. The van der Waals surface area contributed by atoms with Crippen molar-refractivity contribution in [3.63, 3.8) is 0 Å². The molecule has 2 aromatic carbocycles. The zero-order chi connectivity index (χ0) is 14.9. The molecule has 0 heterocycles. The molecule has 0 aromatic heterocycles. The van der Waals surface area contributed by atoms with Crippen LogP contribution in [0.3, 0.4) is 0 Å². The fourth-order valence-electron chi connectivity index (χ4n) is 1.58. The van der Waals surface area contributed by atoms with E-state index in [9.17, 15) is 26.2 Å². The van der Waals surface area contributed by atoms with Crippen LogP contribution in [-0.2, 0) is 16.6 Å². The Morgan fingerprint density at radius 1 is 0.750 bits per heavy atom. The minimum absolute atomic E-state index is 0.348. The molecular formula is C13H7F5OS. The van der Waals surface area contributed by atoms with Crippen molar-refractivity contribution in [1.29, 1.82) is 0 Å². The van der Waals surface area contributed by atoms with Gasteiger partial charge in [-0.15, -0.1) is 0 Å². The summed E-state index contributed by atoms with van der Waals surface area (Å²) in [6.45, 7) is 0. The summed E-state index contributed by atoms with van der Waals surface area (Å²) in [5, 5.41) is 0. The first-order valence-corrected chi connectivity index (χ1v) is 6.69. The van der Waals surface area contributed by atoms with Crippen molar-refractivity contribution in [1.82, 2.24) is 0 Å². The van der Waals surface area contributed by atoms with Gasteiger partial charge in [0.2, 0.25) is 5.82 Å². The lowest BCUT2D eigenvalue weighted by Crippen LogP contribution is -2.10. The van der Waals surface area contributed by atoms with E-state index in [1.165, 1.54) is 12.1 Å². The van der Waals surface area contributed by atoms with Gasteiger partial charge in [-0.2, -0.15) is 0 Å². The number of hydrogen-bond donors (Lipinski definition) is 0. The maximum absolute atomic E-state index is 13.4. The highest BCUT2D eigenvalue weighted by molar-refractivity contribution is 7.84. The van der Waals surface area contributed by atoms with E-state index >= 15 is 0 Å². The van der Waals surface area contributed by atoms with Gasteiger partial charge in [0.1, 0.15) is 4.90 Å². The molecule has 0 unspecified atom stereocenters. The van der Waals surface area contributed by atoms with Gasteiger partial charge in [-0.05, 0) is 5.56 Å². The van der Waals surface area contributed by atoms with Crippen molar-refractivity contribution in [2.75, 3.05) is 0 Å². The highest BCUT2D eigenvalue weighted by Crippen LogP contribution is 2.26. The highest BCUT2D eigenvalue weighted by atomic mass is 32.2. The fourth-order valence-corrected chi connectivity index (χ4v) is 2.80. The van der Waals surface area contributed by atoms with Crippen molar-refractivity contribution in [2.24, 2.45) is 0 Å². The largest absolute Gasteiger partial charge is 0.254 e. The second-order valence-corrected chi connectivity index (χ2v) is 5.26. The summed E-state index contributed by atoms with van der Waals surface area (Å²) < 4.78 is 77.6. The summed E-state index contributed by atoms with van der Waals surface area (Å²) in [5.41, 5.74) is 0.453. The molecule has 0 saturated heterocycles. The van der Waals surface area contributed by atoms with Gasteiger partial charge in [-0.1, -0.05) is 30.3 Å². The van der Waals surface area contributed by atoms with Crippen LogP contribution >= 0.6 is 0 Å². The predicted octanol–water partition coefficient (Wildman–Crippen LogP) is 3.69. The van der Waals surface area contributed by atoms with Gasteiger partial charge in [0.15, 0.2) is 23.3 Å². The number of halogens is 5. The SMILES string of the molecule is O=[S@@](Cc1ccccc1)c1c(F)c(F)c(F)c(F)c1F. The molecule has 0 spiro atoms. The Hall–Kier alpha value is -1.76. The van der Waals surface area contributed by atoms with Crippen LogP contribution in [0.15, 0.2) is 35.2 Å². The van der Waals surface area contributed by atoms with E-state index in [0.29, 0.717) is 5.56 Å². The van der Waals surface area contributed by atoms with Crippen LogP contribution in [0.1, 0.15) is 5.56 Å². The Morgan fingerprint density at radius 3 is 1.70 bits per heavy atom. The van der Waals surface area contributed by atoms with Gasteiger partial charge < -0.3 is 0 Å². The summed E-state index contributed by atoms with van der Waals surface area (Å²) >= 11 is 0. The Bertz CT molecular complexity index is 643. The molecule has 0 N–H and O–H groups in total. The molecule has 0 bridgehead atoms. The van der Waals surface area contributed by atoms with Crippen LogP contribution in [0, 0.1) is 29.1 Å². The zero-order valence-electron chi connectivity index (χ0n) is 9.80. The molecule has 0 aliphatic carbocycles. The smallest absolute Gasteiger partial charge is 0.200 e. The van der Waals surface area contributed by atoms with Crippen molar-refractivity contribution in [2.45, 2.75) is 10.6 Å². The molecular weight excluding hydrogens is 299 g/mol. The summed E-state index contributed by atoms with van der Waals surface area (Å²) in [5.74, 6) is -10.9. The third kappa shape index (κ3) is 2.58. The molecule has 0 radical (unpaired) electrons. The van der Waals surface area contributed by atoms with Crippen LogP contribution in [0.4, 0.5) is 22.0 Å². The van der Waals surface area contributed by atoms with E-state index in [-0.39, 0.29) is 5.75 Å². The molecule has 0 aliphatic rings. The van der Waals surface area contributed by atoms with Gasteiger partial charge in [0, 0.05) is 0 Å². The molecule has 1 nitrogen and oxygen atoms in total. The van der Waals surface area contributed by atoms with Gasteiger partial charge in [-0.3, -0.25) is 4.21 Å². The average Bonchev–Trinajstić information content (AvgIpc) is 2.44. The van der Waals surface area contributed by atoms with E-state index in [0.717, 1.165) is 0 Å². The van der Waals surface area contributed by atoms with E-state index in [1.807, 2.05) is 0 Å². The third-order valence-electron chi connectivity index (χ3n) is 2.54. The van der Waals surface area contributed by atoms with Crippen LogP contribution in [0.5, 0.6) is 0 Å². The molecule has 0 aliphatic heterocycles. The van der Waals surface area contributed by atoms with Crippen molar-refractivity contribution in [3.05, 3.63) is 65.0 Å². The van der Waals surface area contributed by atoms with Crippen molar-refractivity contribution in [3.8, 4) is 0 Å². The quantitative estimate of drug-likeness (QED) is 0.480. The molecule has 0 fully saturated rings. The molecule has 0 saturated carbocycles. The molecule has 20 heavy (non-hydrogen) atoms. The molecule has 7 heteroatoms. The first kappa shape index (κ1) is 14.6. The lowest BCUT2D eigenvalue weighted by Gasteiger charge is -2.08. The minimum Gasteiger partial charge on any atom is -0.254 e. The van der Waals surface area contributed by atoms with Crippen molar-refractivity contribution >= 4 is 10.8 Å². The number of benzene rings is 2. The predicted molar refractivity (Wildman–Crippen MR) is 62.8 cm³/mol. The van der Waals surface area contributed by atoms with Crippen molar-refractivity contribution < 1.29 is 26.2 Å². The second-order valence-electron chi connectivity index (χ2n) is 3.87. The standard InChI is InChI=1S/C13H7F5OS/c14-8-9(15)11(17)13(12(18)10(8)16)20(19)6-7-4-2-1-3-5-7/h1-5H,6H2/t20-/m0/s1. The molecule has 106 valence electrons. The molecule has 2 aromatic rings. The van der Waals surface area contributed by atoms with E-state index in [4.69, 9.17) is 0 Å². The van der Waals surface area contributed by atoms with Crippen LogP contribution in [0.2, 0.25) is 0 Å². The van der Waals surface area contributed by atoms with Crippen LogP contribution < -0.4 is 0 Å². The number of rotatable bonds is 3. The van der Waals surface area contributed by atoms with Gasteiger partial charge in [0.05, 0.1) is 16.6 Å². The topological polar surface area (TPSA) is 17.1 Å². The van der Waals surface area contributed by atoms with E-state index in [2.05, 4.69) is 0 Å². The monoisotopic (exact) mass is 306 g/mol. The third-order valence-corrected chi connectivity index (χ3v) is 3.95. The first-order valence-electron chi connectivity index (χ1n) is 5.37. The van der Waals surface area contributed by atoms with E-state index in [1.54, 1.807) is 18.2 Å². The highest BCUT2D eigenvalue weighted by Gasteiger charge is 2.28. The first-order chi connectivity index (χ1) is 9.43. The normalized spacial score (nSPS) is 12.4. The maximum Gasteiger partial charge on any atom is 0.200 e. The summed E-state index contributed by atoms with van der Waals surface area (Å²) in [6.07, 6.45) is 0. The summed E-state index contributed by atoms with van der Waals surface area (Å²) in [6, 6.07) is 7.94. The Labute approximate surface area is 113 Å². The second kappa shape index (κ2) is 5.70. The molecule has 0 amide bonds. The average molecular weight is 306 g/mol. The Morgan fingerprint density at radius 2 is 1.20 bits per heavy atom. The lowest BCUT2D eigenvalue weighted by atomic mass is 10.2. The Kier molecular flexibility index (Phi) is 4.17. The lowest BCUT2D eigenvalue weighted by molar-refractivity contribution is 0.359. The van der Waals surface area contributed by atoms with Gasteiger partial charge in [-0.25, -0.2) is 22.0 Å². The Balaban J connectivity index is 2.45.